The fourth-order valence-corrected chi connectivity index (χ4v) is 1.29. The van der Waals surface area contributed by atoms with Crippen LogP contribution in [0.1, 0.15) is 5.56 Å². The first-order chi connectivity index (χ1) is 9.74. The summed E-state index contributed by atoms with van der Waals surface area (Å²) in [5.41, 5.74) is 8.31. The molecular weight excluding hydrogens is 294 g/mol. The molecule has 21 heavy (non-hydrogen) atoms. The highest BCUT2D eigenvalue weighted by Gasteiger charge is 2.00. The van der Waals surface area contributed by atoms with E-state index >= 15 is 0 Å². The number of carbonyl (C=O) groups excluding carboxylic acids is 1. The Morgan fingerprint density at radius 2 is 1.95 bits per heavy atom. The lowest BCUT2D eigenvalue weighted by Crippen LogP contribution is -2.24. The first kappa shape index (κ1) is 16.4. The zero-order chi connectivity index (χ0) is 14.2. The number of carbonyl (C=O) groups is 1. The van der Waals surface area contributed by atoms with Crippen molar-refractivity contribution < 1.29 is 9.53 Å². The van der Waals surface area contributed by atoms with E-state index in [0.717, 1.165) is 0 Å². The predicted octanol–water partition coefficient (Wildman–Crippen LogP) is 1.01. The van der Waals surface area contributed by atoms with E-state index < -0.39 is 0 Å². The molecule has 0 radical (unpaired) electrons. The summed E-state index contributed by atoms with van der Waals surface area (Å²) >= 11 is 0. The van der Waals surface area contributed by atoms with Crippen LogP contribution >= 0.6 is 12.4 Å². The van der Waals surface area contributed by atoms with Crippen molar-refractivity contribution in [1.29, 1.82) is 0 Å². The minimum atomic E-state index is -0.360. The molecular formula is C13H14ClN5O2. The summed E-state index contributed by atoms with van der Waals surface area (Å²) in [4.78, 5) is 19.0. The van der Waals surface area contributed by atoms with Crippen molar-refractivity contribution in [2.24, 2.45) is 5.10 Å². The molecule has 7 nitrogen and oxygen atoms in total. The molecule has 2 aromatic rings. The third-order valence-electron chi connectivity index (χ3n) is 2.21. The number of hydrazone groups is 1. The molecule has 0 fully saturated rings. The largest absolute Gasteiger partial charge is 0.484 e. The van der Waals surface area contributed by atoms with E-state index in [1.165, 1.54) is 18.6 Å². The second-order valence-electron chi connectivity index (χ2n) is 3.77. The van der Waals surface area contributed by atoms with Crippen LogP contribution in [0.5, 0.6) is 5.75 Å². The highest BCUT2D eigenvalue weighted by Crippen LogP contribution is 2.07. The van der Waals surface area contributed by atoms with Crippen LogP contribution in [-0.4, -0.2) is 28.7 Å². The molecule has 1 heterocycles. The van der Waals surface area contributed by atoms with Gasteiger partial charge in [0, 0.05) is 18.0 Å². The SMILES string of the molecule is Cl.Nc1ncc(C=NNC(=O)COc2ccccc2)cn1. The Hall–Kier alpha value is -2.67. The number of rotatable bonds is 5. The van der Waals surface area contributed by atoms with Gasteiger partial charge in [-0.3, -0.25) is 4.79 Å². The molecule has 3 N–H and O–H groups in total. The smallest absolute Gasteiger partial charge is 0.277 e. The Kier molecular flexibility index (Phi) is 6.62. The molecule has 0 saturated carbocycles. The molecule has 110 valence electrons. The summed E-state index contributed by atoms with van der Waals surface area (Å²) < 4.78 is 5.26. The van der Waals surface area contributed by atoms with E-state index in [2.05, 4.69) is 20.5 Å². The predicted molar refractivity (Wildman–Crippen MR) is 81.4 cm³/mol. The van der Waals surface area contributed by atoms with Crippen molar-refractivity contribution >= 4 is 30.5 Å². The maximum absolute atomic E-state index is 11.5. The van der Waals surface area contributed by atoms with Gasteiger partial charge in [0.25, 0.3) is 5.91 Å². The van der Waals surface area contributed by atoms with Gasteiger partial charge in [-0.25, -0.2) is 15.4 Å². The van der Waals surface area contributed by atoms with Gasteiger partial charge in [0.15, 0.2) is 6.61 Å². The number of nitrogen functional groups attached to an aromatic ring is 1. The Labute approximate surface area is 127 Å². The summed E-state index contributed by atoms with van der Waals surface area (Å²) in [5, 5.41) is 3.76. The number of halogens is 1. The number of benzene rings is 1. The lowest BCUT2D eigenvalue weighted by molar-refractivity contribution is -0.123. The van der Waals surface area contributed by atoms with Crippen molar-refractivity contribution in [3.8, 4) is 5.75 Å². The Bertz CT molecular complexity index is 589. The summed E-state index contributed by atoms with van der Waals surface area (Å²) in [6, 6.07) is 9.05. The highest BCUT2D eigenvalue weighted by atomic mass is 35.5. The van der Waals surface area contributed by atoms with E-state index in [0.29, 0.717) is 11.3 Å². The van der Waals surface area contributed by atoms with Crippen molar-refractivity contribution in [1.82, 2.24) is 15.4 Å². The maximum atomic E-state index is 11.5. The summed E-state index contributed by atoms with van der Waals surface area (Å²) in [6.07, 6.45) is 4.41. The quantitative estimate of drug-likeness (QED) is 0.634. The first-order valence-corrected chi connectivity index (χ1v) is 5.81. The second kappa shape index (κ2) is 8.49. The van der Waals surface area contributed by atoms with Crippen LogP contribution in [0.15, 0.2) is 47.8 Å². The maximum Gasteiger partial charge on any atom is 0.277 e. The summed E-state index contributed by atoms with van der Waals surface area (Å²) in [5.74, 6) is 0.447. The van der Waals surface area contributed by atoms with Gasteiger partial charge >= 0.3 is 0 Å². The normalized spacial score (nSPS) is 9.90. The number of hydrogen-bond donors (Lipinski definition) is 2. The van der Waals surface area contributed by atoms with Gasteiger partial charge in [-0.05, 0) is 12.1 Å². The van der Waals surface area contributed by atoms with E-state index in [9.17, 15) is 4.79 Å². The van der Waals surface area contributed by atoms with E-state index in [4.69, 9.17) is 10.5 Å². The summed E-state index contributed by atoms with van der Waals surface area (Å²) in [6.45, 7) is -0.112. The van der Waals surface area contributed by atoms with Crippen LogP contribution in [0, 0.1) is 0 Å². The molecule has 1 amide bonds. The molecule has 0 saturated heterocycles. The number of ether oxygens (including phenoxy) is 1. The molecule has 0 aliphatic heterocycles. The van der Waals surface area contributed by atoms with E-state index in [1.54, 1.807) is 12.1 Å². The second-order valence-corrected chi connectivity index (χ2v) is 3.77. The van der Waals surface area contributed by atoms with Crippen LogP contribution < -0.4 is 15.9 Å². The third kappa shape index (κ3) is 5.87. The lowest BCUT2D eigenvalue weighted by Gasteiger charge is -2.03. The Balaban J connectivity index is 0.00000220. The Morgan fingerprint density at radius 3 is 2.62 bits per heavy atom. The van der Waals surface area contributed by atoms with E-state index in [-0.39, 0.29) is 30.9 Å². The van der Waals surface area contributed by atoms with Crippen LogP contribution in [0.4, 0.5) is 5.95 Å². The standard InChI is InChI=1S/C13H13N5O2.ClH/c14-13-15-6-10(7-16-13)8-17-18-12(19)9-20-11-4-2-1-3-5-11;/h1-8H,9H2,(H,18,19)(H2,14,15,16);1H. The zero-order valence-electron chi connectivity index (χ0n) is 11.0. The van der Waals surface area contributed by atoms with Crippen molar-refractivity contribution in [2.45, 2.75) is 0 Å². The van der Waals surface area contributed by atoms with Crippen molar-refractivity contribution in [3.63, 3.8) is 0 Å². The molecule has 0 aliphatic rings. The number of anilines is 1. The fraction of sp³-hybridized carbons (Fsp3) is 0.0769. The van der Waals surface area contributed by atoms with Crippen LogP contribution in [-0.2, 0) is 4.79 Å². The number of hydrogen-bond acceptors (Lipinski definition) is 6. The van der Waals surface area contributed by atoms with E-state index in [1.807, 2.05) is 18.2 Å². The monoisotopic (exact) mass is 307 g/mol. The van der Waals surface area contributed by atoms with Gasteiger partial charge in [-0.1, -0.05) is 18.2 Å². The van der Waals surface area contributed by atoms with Crippen LogP contribution in [0.3, 0.4) is 0 Å². The van der Waals surface area contributed by atoms with Gasteiger partial charge in [0.1, 0.15) is 5.75 Å². The lowest BCUT2D eigenvalue weighted by atomic mass is 10.3. The number of para-hydroxylation sites is 1. The van der Waals surface area contributed by atoms with Gasteiger partial charge in [0.05, 0.1) is 6.21 Å². The van der Waals surface area contributed by atoms with Crippen LogP contribution in [0.25, 0.3) is 0 Å². The van der Waals surface area contributed by atoms with Gasteiger partial charge in [-0.2, -0.15) is 5.10 Å². The molecule has 0 spiro atoms. The van der Waals surface area contributed by atoms with Gasteiger partial charge in [-0.15, -0.1) is 12.4 Å². The number of nitrogens with zero attached hydrogens (tertiary/aromatic N) is 3. The van der Waals surface area contributed by atoms with Gasteiger partial charge in [0.2, 0.25) is 5.95 Å². The molecule has 2 rings (SSSR count). The molecule has 1 aromatic heterocycles. The topological polar surface area (TPSA) is 102 Å². The molecule has 1 aromatic carbocycles. The zero-order valence-corrected chi connectivity index (χ0v) is 11.8. The average Bonchev–Trinajstić information content (AvgIpc) is 2.48. The fourth-order valence-electron chi connectivity index (χ4n) is 1.29. The first-order valence-electron chi connectivity index (χ1n) is 5.81. The van der Waals surface area contributed by atoms with Crippen LogP contribution in [0.2, 0.25) is 0 Å². The molecule has 8 heteroatoms. The minimum Gasteiger partial charge on any atom is -0.484 e. The average molecular weight is 308 g/mol. The molecule has 0 unspecified atom stereocenters. The number of nitrogens with one attached hydrogen (secondary N) is 1. The highest BCUT2D eigenvalue weighted by molar-refractivity contribution is 5.85. The number of amides is 1. The van der Waals surface area contributed by atoms with Crippen molar-refractivity contribution in [2.75, 3.05) is 12.3 Å². The minimum absolute atomic E-state index is 0. The summed E-state index contributed by atoms with van der Waals surface area (Å²) in [7, 11) is 0. The molecule has 0 aliphatic carbocycles. The molecule has 0 atom stereocenters. The van der Waals surface area contributed by atoms with Gasteiger partial charge < -0.3 is 10.5 Å². The number of aromatic nitrogens is 2. The molecule has 0 bridgehead atoms. The third-order valence-corrected chi connectivity index (χ3v) is 2.21. The Morgan fingerprint density at radius 1 is 1.29 bits per heavy atom. The van der Waals surface area contributed by atoms with Crippen molar-refractivity contribution in [3.05, 3.63) is 48.3 Å². The number of nitrogens with two attached hydrogens (primary N) is 1.